The van der Waals surface area contributed by atoms with Gasteiger partial charge in [0.1, 0.15) is 6.10 Å². The molecule has 2 aliphatic heterocycles. The van der Waals surface area contributed by atoms with E-state index in [0.717, 1.165) is 12.8 Å². The highest BCUT2D eigenvalue weighted by molar-refractivity contribution is 6.04. The van der Waals surface area contributed by atoms with Crippen LogP contribution in [0.3, 0.4) is 0 Å². The molecule has 4 rings (SSSR count). The zero-order chi connectivity index (χ0) is 20.4. The maximum atomic E-state index is 12.8. The Kier molecular flexibility index (Phi) is 1.73. The zero-order valence-electron chi connectivity index (χ0n) is 18.4. The number of nitrogens with zero attached hydrogens (tertiary/aromatic N) is 1. The van der Waals surface area contributed by atoms with Crippen molar-refractivity contribution in [1.82, 2.24) is 9.88 Å². The fourth-order valence-electron chi connectivity index (χ4n) is 3.42. The standard InChI is InChI=1S/C17H20N2O2/c1-19-11-6-7-12(19)9-13(8-11)21-17(20)15-10-18-16-5-3-2-4-14(15)16/h2-5,10-13,18H,6-9H2,1H3/t11-,12+,13?/i1D3,3D,4D,5D,10D. The number of aromatic amines is 1. The van der Waals surface area contributed by atoms with E-state index in [2.05, 4.69) is 4.98 Å². The number of benzene rings is 1. The van der Waals surface area contributed by atoms with E-state index in [-0.39, 0.29) is 52.9 Å². The number of piperidine rings is 1. The zero-order valence-corrected chi connectivity index (χ0v) is 11.4. The van der Waals surface area contributed by atoms with E-state index in [0.29, 0.717) is 12.8 Å². The third-order valence-electron chi connectivity index (χ3n) is 4.47. The van der Waals surface area contributed by atoms with Crippen LogP contribution in [0, 0.1) is 0 Å². The molecule has 2 aromatic rings. The highest BCUT2D eigenvalue weighted by atomic mass is 16.5. The lowest BCUT2D eigenvalue weighted by atomic mass is 10.0. The van der Waals surface area contributed by atoms with Crippen LogP contribution in [0.5, 0.6) is 0 Å². The van der Waals surface area contributed by atoms with Crippen molar-refractivity contribution in [2.24, 2.45) is 0 Å². The first-order valence-corrected chi connectivity index (χ1v) is 7.16. The van der Waals surface area contributed by atoms with E-state index < -0.39 is 19.0 Å². The minimum atomic E-state index is -2.16. The van der Waals surface area contributed by atoms with Gasteiger partial charge in [-0.2, -0.15) is 0 Å². The van der Waals surface area contributed by atoms with Gasteiger partial charge in [0.15, 0.2) is 0 Å². The lowest BCUT2D eigenvalue weighted by Gasteiger charge is -2.35. The van der Waals surface area contributed by atoms with Gasteiger partial charge in [-0.3, -0.25) is 0 Å². The average Bonchev–Trinajstić information content (AvgIpc) is 3.08. The van der Waals surface area contributed by atoms with Gasteiger partial charge in [0, 0.05) is 46.1 Å². The normalized spacial score (nSPS) is 34.3. The number of H-pyrrole nitrogens is 1. The van der Waals surface area contributed by atoms with Crippen LogP contribution in [0.1, 0.15) is 45.6 Å². The van der Waals surface area contributed by atoms with Crippen molar-refractivity contribution in [3.8, 4) is 0 Å². The van der Waals surface area contributed by atoms with Gasteiger partial charge in [-0.1, -0.05) is 18.2 Å². The third-order valence-corrected chi connectivity index (χ3v) is 4.47. The van der Waals surface area contributed by atoms with E-state index in [1.807, 2.05) is 0 Å². The molecule has 2 aliphatic rings. The van der Waals surface area contributed by atoms with E-state index in [1.54, 1.807) is 4.90 Å². The molecular weight excluding hydrogens is 264 g/mol. The molecule has 0 aliphatic carbocycles. The summed E-state index contributed by atoms with van der Waals surface area (Å²) in [4.78, 5) is 16.9. The van der Waals surface area contributed by atoms with Gasteiger partial charge in [0.05, 0.1) is 11.0 Å². The molecular formula is C17H20N2O2. The van der Waals surface area contributed by atoms with Crippen molar-refractivity contribution in [1.29, 1.82) is 0 Å². The molecule has 0 spiro atoms. The van der Waals surface area contributed by atoms with Crippen molar-refractivity contribution < 1.29 is 19.1 Å². The second-order valence-corrected chi connectivity index (χ2v) is 5.72. The van der Waals surface area contributed by atoms with Gasteiger partial charge in [0.2, 0.25) is 0 Å². The van der Waals surface area contributed by atoms with Crippen LogP contribution >= 0.6 is 0 Å². The summed E-state index contributed by atoms with van der Waals surface area (Å²) in [5, 5.41) is 0.110. The Morgan fingerprint density at radius 1 is 1.43 bits per heavy atom. The molecule has 4 heteroatoms. The molecule has 3 atom stereocenters. The second kappa shape index (κ2) is 4.88. The summed E-state index contributed by atoms with van der Waals surface area (Å²) < 4.78 is 60.4. The Morgan fingerprint density at radius 2 is 2.24 bits per heavy atom. The molecule has 21 heavy (non-hydrogen) atoms. The van der Waals surface area contributed by atoms with Crippen molar-refractivity contribution in [2.45, 2.75) is 43.9 Å². The Morgan fingerprint density at radius 3 is 3.00 bits per heavy atom. The molecule has 4 nitrogen and oxygen atoms in total. The SMILES string of the molecule is [2H]c1cc([2H])c2c(C(=O)OC3C[C@H]4CC[C@@H](C3)N4C([2H])([2H])[2H])c([2H])[nH]c2c1[2H]. The first-order valence-electron chi connectivity index (χ1n) is 10.7. The fraction of sp³-hybridized carbons (Fsp3) is 0.471. The second-order valence-electron chi connectivity index (χ2n) is 5.72. The van der Waals surface area contributed by atoms with Gasteiger partial charge in [-0.15, -0.1) is 0 Å². The van der Waals surface area contributed by atoms with Gasteiger partial charge >= 0.3 is 5.97 Å². The maximum Gasteiger partial charge on any atom is 0.340 e. The van der Waals surface area contributed by atoms with Crippen LogP contribution in [0.2, 0.25) is 0 Å². The van der Waals surface area contributed by atoms with Crippen molar-refractivity contribution >= 4 is 16.9 Å². The largest absolute Gasteiger partial charge is 0.459 e. The molecule has 1 aromatic heterocycles. The Balaban J connectivity index is 1.59. The predicted octanol–water partition coefficient (Wildman–Crippen LogP) is 2.95. The smallest absolute Gasteiger partial charge is 0.340 e. The average molecular weight is 291 g/mol. The molecule has 0 radical (unpaired) electrons. The van der Waals surface area contributed by atoms with E-state index >= 15 is 0 Å². The fourth-order valence-corrected chi connectivity index (χ4v) is 3.42. The van der Waals surface area contributed by atoms with E-state index in [9.17, 15) is 4.79 Å². The van der Waals surface area contributed by atoms with Crippen LogP contribution in [0.15, 0.2) is 30.4 Å². The molecule has 2 fully saturated rings. The molecule has 2 bridgehead atoms. The molecule has 110 valence electrons. The van der Waals surface area contributed by atoms with Crippen LogP contribution in [0.25, 0.3) is 10.9 Å². The molecule has 3 heterocycles. The summed E-state index contributed by atoms with van der Waals surface area (Å²) >= 11 is 0. The van der Waals surface area contributed by atoms with Gasteiger partial charge in [-0.05, 0) is 25.9 Å². The summed E-state index contributed by atoms with van der Waals surface area (Å²) in [5.74, 6) is -0.756. The number of aromatic nitrogens is 1. The van der Waals surface area contributed by atoms with Crippen LogP contribution < -0.4 is 0 Å². The first kappa shape index (κ1) is 7.45. The van der Waals surface area contributed by atoms with Crippen LogP contribution in [-0.2, 0) is 4.74 Å². The summed E-state index contributed by atoms with van der Waals surface area (Å²) in [6.07, 6.45) is 1.64. The number of ether oxygens (including phenoxy) is 1. The van der Waals surface area contributed by atoms with Crippen LogP contribution in [0.4, 0.5) is 0 Å². The first-order chi connectivity index (χ1) is 13.1. The molecule has 1 aromatic carbocycles. The Bertz CT molecular complexity index is 941. The van der Waals surface area contributed by atoms with Crippen molar-refractivity contribution in [2.75, 3.05) is 6.98 Å². The van der Waals surface area contributed by atoms with E-state index in [1.165, 1.54) is 6.07 Å². The number of hydrogen-bond donors (Lipinski definition) is 1. The number of carbonyl (C=O) groups is 1. The predicted molar refractivity (Wildman–Crippen MR) is 81.3 cm³/mol. The molecule has 0 amide bonds. The highest BCUT2D eigenvalue weighted by Gasteiger charge is 2.40. The minimum Gasteiger partial charge on any atom is -0.459 e. The monoisotopic (exact) mass is 291 g/mol. The highest BCUT2D eigenvalue weighted by Crippen LogP contribution is 2.35. The van der Waals surface area contributed by atoms with Crippen LogP contribution in [-0.4, -0.2) is 41.0 Å². The van der Waals surface area contributed by atoms with Crippen molar-refractivity contribution in [3.05, 3.63) is 35.9 Å². The summed E-state index contributed by atoms with van der Waals surface area (Å²) in [6.45, 7) is -2.16. The van der Waals surface area contributed by atoms with Gasteiger partial charge < -0.3 is 14.6 Å². The number of hydrogen-bond acceptors (Lipinski definition) is 3. The number of carbonyl (C=O) groups excluding carboxylic acids is 1. The third kappa shape index (κ3) is 2.14. The summed E-state index contributed by atoms with van der Waals surface area (Å²) in [6, 6.07) is 0.383. The maximum absolute atomic E-state index is 12.8. The lowest BCUT2D eigenvalue weighted by molar-refractivity contribution is -0.000258. The number of nitrogens with one attached hydrogen (secondary N) is 1. The Hall–Kier alpha value is -1.81. The number of rotatable bonds is 2. The number of esters is 1. The minimum absolute atomic E-state index is 0.103. The van der Waals surface area contributed by atoms with E-state index in [4.69, 9.17) is 14.3 Å². The van der Waals surface area contributed by atoms with Crippen molar-refractivity contribution in [3.63, 3.8) is 0 Å². The lowest BCUT2D eigenvalue weighted by Crippen LogP contribution is -2.43. The topological polar surface area (TPSA) is 45.3 Å². The van der Waals surface area contributed by atoms with Gasteiger partial charge in [0.25, 0.3) is 0 Å². The van der Waals surface area contributed by atoms with Gasteiger partial charge in [-0.25, -0.2) is 4.79 Å². The molecule has 1 N–H and O–H groups in total. The summed E-state index contributed by atoms with van der Waals surface area (Å²) in [5.41, 5.74) is -0.00848. The molecule has 1 unspecified atom stereocenters. The quantitative estimate of drug-likeness (QED) is 0.865. The summed E-state index contributed by atoms with van der Waals surface area (Å²) in [7, 11) is 0. The number of fused-ring (bicyclic) bond motifs is 3. The molecule has 0 saturated carbocycles. The molecule has 2 saturated heterocycles. The number of para-hydroxylation sites is 1. The Labute approximate surface area is 133 Å².